The molecular weight excluding hydrogens is 274 g/mol. The Kier molecular flexibility index (Phi) is 4.13. The summed E-state index contributed by atoms with van der Waals surface area (Å²) < 4.78 is 4.90. The van der Waals surface area contributed by atoms with Gasteiger partial charge >= 0.3 is 0 Å². The Morgan fingerprint density at radius 3 is 2.67 bits per heavy atom. The van der Waals surface area contributed by atoms with Gasteiger partial charge in [0, 0.05) is 29.6 Å². The first kappa shape index (κ1) is 14.4. The van der Waals surface area contributed by atoms with Crippen molar-refractivity contribution in [1.82, 2.24) is 4.98 Å². The molecule has 0 saturated carbocycles. The molecule has 0 aliphatic carbocycles. The molecule has 0 unspecified atom stereocenters. The van der Waals surface area contributed by atoms with E-state index in [1.54, 1.807) is 31.2 Å². The number of nitrogens with one attached hydrogen (secondary N) is 1. The summed E-state index contributed by atoms with van der Waals surface area (Å²) in [5.74, 6) is 0.000766. The molecule has 0 spiro atoms. The molecule has 2 rings (SSSR count). The summed E-state index contributed by atoms with van der Waals surface area (Å²) in [6, 6.07) is 7.64. The molecule has 1 amide bonds. The SMILES string of the molecule is COc1ccc(C(=O)Nc2ccc(C)c([N+](=O)[O-])c2)cn1. The van der Waals surface area contributed by atoms with E-state index >= 15 is 0 Å². The number of benzene rings is 1. The van der Waals surface area contributed by atoms with Crippen LogP contribution in [-0.2, 0) is 0 Å². The van der Waals surface area contributed by atoms with E-state index in [9.17, 15) is 14.9 Å². The summed E-state index contributed by atoms with van der Waals surface area (Å²) in [5.41, 5.74) is 1.18. The number of aromatic nitrogens is 1. The van der Waals surface area contributed by atoms with Gasteiger partial charge in [-0.05, 0) is 19.1 Å². The second-order valence-corrected chi connectivity index (χ2v) is 4.30. The maximum absolute atomic E-state index is 12.0. The van der Waals surface area contributed by atoms with Crippen LogP contribution in [0.15, 0.2) is 36.5 Å². The van der Waals surface area contributed by atoms with Gasteiger partial charge in [-0.1, -0.05) is 6.07 Å². The smallest absolute Gasteiger partial charge is 0.274 e. The molecule has 2 aromatic rings. The largest absolute Gasteiger partial charge is 0.481 e. The maximum Gasteiger partial charge on any atom is 0.274 e. The van der Waals surface area contributed by atoms with E-state index in [0.29, 0.717) is 22.7 Å². The lowest BCUT2D eigenvalue weighted by atomic mass is 10.2. The second-order valence-electron chi connectivity index (χ2n) is 4.30. The highest BCUT2D eigenvalue weighted by atomic mass is 16.6. The predicted octanol–water partition coefficient (Wildman–Crippen LogP) is 2.56. The number of carbonyl (C=O) groups is 1. The molecule has 1 aromatic carbocycles. The molecule has 1 heterocycles. The zero-order valence-corrected chi connectivity index (χ0v) is 11.5. The number of ether oxygens (including phenoxy) is 1. The van der Waals surface area contributed by atoms with Crippen molar-refractivity contribution in [2.75, 3.05) is 12.4 Å². The third-order valence-corrected chi connectivity index (χ3v) is 2.87. The highest BCUT2D eigenvalue weighted by Gasteiger charge is 2.13. The van der Waals surface area contributed by atoms with Crippen LogP contribution in [-0.4, -0.2) is 22.9 Å². The van der Waals surface area contributed by atoms with Gasteiger partial charge < -0.3 is 10.1 Å². The van der Waals surface area contributed by atoms with E-state index in [-0.39, 0.29) is 5.69 Å². The van der Waals surface area contributed by atoms with Crippen molar-refractivity contribution in [2.45, 2.75) is 6.92 Å². The monoisotopic (exact) mass is 287 g/mol. The van der Waals surface area contributed by atoms with Gasteiger partial charge in [-0.3, -0.25) is 14.9 Å². The third kappa shape index (κ3) is 3.33. The number of carbonyl (C=O) groups excluding carboxylic acids is 1. The summed E-state index contributed by atoms with van der Waals surface area (Å²) in [4.78, 5) is 26.3. The van der Waals surface area contributed by atoms with Crippen LogP contribution in [0, 0.1) is 17.0 Å². The van der Waals surface area contributed by atoms with Gasteiger partial charge in [0.1, 0.15) is 0 Å². The van der Waals surface area contributed by atoms with Crippen molar-refractivity contribution in [3.63, 3.8) is 0 Å². The highest BCUT2D eigenvalue weighted by Crippen LogP contribution is 2.22. The Balaban J connectivity index is 2.19. The van der Waals surface area contributed by atoms with Crippen LogP contribution >= 0.6 is 0 Å². The quantitative estimate of drug-likeness (QED) is 0.688. The van der Waals surface area contributed by atoms with Crippen LogP contribution in [0.1, 0.15) is 15.9 Å². The zero-order valence-electron chi connectivity index (χ0n) is 11.5. The first-order valence-electron chi connectivity index (χ1n) is 6.07. The van der Waals surface area contributed by atoms with Crippen molar-refractivity contribution >= 4 is 17.3 Å². The van der Waals surface area contributed by atoms with Gasteiger partial charge in [0.2, 0.25) is 5.88 Å². The lowest BCUT2D eigenvalue weighted by molar-refractivity contribution is -0.385. The Hall–Kier alpha value is -2.96. The predicted molar refractivity (Wildman–Crippen MR) is 76.6 cm³/mol. The number of hydrogen-bond acceptors (Lipinski definition) is 5. The Morgan fingerprint density at radius 1 is 1.33 bits per heavy atom. The molecule has 7 nitrogen and oxygen atoms in total. The van der Waals surface area contributed by atoms with Crippen molar-refractivity contribution in [1.29, 1.82) is 0 Å². The van der Waals surface area contributed by atoms with E-state index in [1.165, 1.54) is 19.4 Å². The minimum atomic E-state index is -0.486. The number of anilines is 1. The van der Waals surface area contributed by atoms with E-state index in [0.717, 1.165) is 0 Å². The maximum atomic E-state index is 12.0. The van der Waals surface area contributed by atoms with Crippen LogP contribution in [0.2, 0.25) is 0 Å². The number of amides is 1. The molecule has 21 heavy (non-hydrogen) atoms. The normalized spacial score (nSPS) is 10.0. The average Bonchev–Trinajstić information content (AvgIpc) is 2.49. The average molecular weight is 287 g/mol. The van der Waals surface area contributed by atoms with Gasteiger partial charge in [-0.25, -0.2) is 4.98 Å². The minimum Gasteiger partial charge on any atom is -0.481 e. The molecular formula is C14H13N3O4. The number of nitro groups is 1. The number of nitro benzene ring substituents is 1. The van der Waals surface area contributed by atoms with Gasteiger partial charge in [-0.2, -0.15) is 0 Å². The number of methoxy groups -OCH3 is 1. The van der Waals surface area contributed by atoms with Gasteiger partial charge in [-0.15, -0.1) is 0 Å². The number of rotatable bonds is 4. The lowest BCUT2D eigenvalue weighted by Crippen LogP contribution is -2.12. The van der Waals surface area contributed by atoms with Crippen LogP contribution in [0.3, 0.4) is 0 Å². The number of nitrogens with zero attached hydrogens (tertiary/aromatic N) is 2. The standard InChI is InChI=1S/C14H13N3O4/c1-9-3-5-11(7-12(9)17(19)20)16-14(18)10-4-6-13(21-2)15-8-10/h3-8H,1-2H3,(H,16,18). The topological polar surface area (TPSA) is 94.4 Å². The first-order valence-corrected chi connectivity index (χ1v) is 6.07. The number of pyridine rings is 1. The Morgan fingerprint density at radius 2 is 2.10 bits per heavy atom. The molecule has 0 fully saturated rings. The summed E-state index contributed by atoms with van der Waals surface area (Å²) >= 11 is 0. The fourth-order valence-electron chi connectivity index (χ4n) is 1.72. The van der Waals surface area contributed by atoms with Gasteiger partial charge in [0.15, 0.2) is 0 Å². The molecule has 0 saturated heterocycles. The highest BCUT2D eigenvalue weighted by molar-refractivity contribution is 6.04. The molecule has 0 aliphatic rings. The van der Waals surface area contributed by atoms with Crippen LogP contribution in [0.25, 0.3) is 0 Å². The van der Waals surface area contributed by atoms with Crippen molar-refractivity contribution < 1.29 is 14.5 Å². The molecule has 0 atom stereocenters. The summed E-state index contributed by atoms with van der Waals surface area (Å²) in [6.45, 7) is 1.64. The zero-order chi connectivity index (χ0) is 15.4. The number of aryl methyl sites for hydroxylation is 1. The van der Waals surface area contributed by atoms with Crippen LogP contribution in [0.5, 0.6) is 5.88 Å². The fourth-order valence-corrected chi connectivity index (χ4v) is 1.72. The second kappa shape index (κ2) is 6.00. The minimum absolute atomic E-state index is 0.0411. The first-order chi connectivity index (χ1) is 10.0. The van der Waals surface area contributed by atoms with Crippen LogP contribution < -0.4 is 10.1 Å². The van der Waals surface area contributed by atoms with Gasteiger partial charge in [0.05, 0.1) is 17.6 Å². The van der Waals surface area contributed by atoms with E-state index in [1.807, 2.05) is 0 Å². The van der Waals surface area contributed by atoms with E-state index in [2.05, 4.69) is 10.3 Å². The van der Waals surface area contributed by atoms with E-state index in [4.69, 9.17) is 4.74 Å². The molecule has 108 valence electrons. The molecule has 7 heteroatoms. The molecule has 0 bridgehead atoms. The van der Waals surface area contributed by atoms with E-state index < -0.39 is 10.8 Å². The fraction of sp³-hybridized carbons (Fsp3) is 0.143. The van der Waals surface area contributed by atoms with Crippen molar-refractivity contribution in [3.05, 3.63) is 57.8 Å². The van der Waals surface area contributed by atoms with Gasteiger partial charge in [0.25, 0.3) is 11.6 Å². The van der Waals surface area contributed by atoms with Crippen molar-refractivity contribution in [3.8, 4) is 5.88 Å². The molecule has 0 radical (unpaired) electrons. The van der Waals surface area contributed by atoms with Crippen molar-refractivity contribution in [2.24, 2.45) is 0 Å². The summed E-state index contributed by atoms with van der Waals surface area (Å²) in [7, 11) is 1.48. The molecule has 1 aromatic heterocycles. The summed E-state index contributed by atoms with van der Waals surface area (Å²) in [6.07, 6.45) is 1.37. The third-order valence-electron chi connectivity index (χ3n) is 2.87. The lowest BCUT2D eigenvalue weighted by Gasteiger charge is -2.06. The Bertz CT molecular complexity index is 683. The number of hydrogen-bond donors (Lipinski definition) is 1. The van der Waals surface area contributed by atoms with Crippen LogP contribution in [0.4, 0.5) is 11.4 Å². The molecule has 0 aliphatic heterocycles. The Labute approximate surface area is 120 Å². The molecule has 1 N–H and O–H groups in total. The summed E-state index contributed by atoms with van der Waals surface area (Å²) in [5, 5.41) is 13.5.